The van der Waals surface area contributed by atoms with Gasteiger partial charge in [0.1, 0.15) is 6.54 Å². The Balaban J connectivity index is 1.32. The average Bonchev–Trinajstić information content (AvgIpc) is 3.58. The van der Waals surface area contributed by atoms with Crippen LogP contribution < -0.4 is 10.6 Å². The number of aromatic nitrogens is 2. The third-order valence-electron chi connectivity index (χ3n) is 6.43. The molecule has 1 aliphatic rings. The van der Waals surface area contributed by atoms with E-state index in [1.807, 2.05) is 48.5 Å². The SMILES string of the molecule is CN(C)C(=O)c1ccc(-c2ccccc2C(=O)Nc2ccc3c(c2)CNC3C(=O)Cn2cccn2)cc1. The molecule has 186 valence electrons. The smallest absolute Gasteiger partial charge is 0.256 e. The molecule has 8 nitrogen and oxygen atoms in total. The van der Waals surface area contributed by atoms with Crippen LogP contribution in [0.25, 0.3) is 11.1 Å². The molecule has 2 amide bonds. The third-order valence-corrected chi connectivity index (χ3v) is 6.43. The van der Waals surface area contributed by atoms with E-state index < -0.39 is 6.04 Å². The molecule has 1 aliphatic heterocycles. The maximum atomic E-state index is 13.3. The largest absolute Gasteiger partial charge is 0.345 e. The van der Waals surface area contributed by atoms with Crippen molar-refractivity contribution in [1.29, 1.82) is 0 Å². The van der Waals surface area contributed by atoms with E-state index in [1.165, 1.54) is 4.90 Å². The van der Waals surface area contributed by atoms with Crippen molar-refractivity contribution in [3.63, 3.8) is 0 Å². The standard InChI is InChI=1S/C29H27N5O3/c1-33(2)29(37)20-10-8-19(9-11-20)23-6-3-4-7-25(23)28(36)32-22-12-13-24-21(16-22)17-30-27(24)26(35)18-34-15-5-14-31-34/h3-16,27,30H,17-18H2,1-2H3,(H,32,36). The normalized spacial score (nSPS) is 14.2. The molecule has 5 rings (SSSR count). The van der Waals surface area contributed by atoms with Crippen LogP contribution in [0.4, 0.5) is 5.69 Å². The van der Waals surface area contributed by atoms with Gasteiger partial charge in [-0.05, 0) is 58.7 Å². The summed E-state index contributed by atoms with van der Waals surface area (Å²) >= 11 is 0. The molecule has 0 fully saturated rings. The van der Waals surface area contributed by atoms with E-state index in [0.29, 0.717) is 23.4 Å². The van der Waals surface area contributed by atoms with Crippen molar-refractivity contribution in [3.05, 3.63) is 107 Å². The van der Waals surface area contributed by atoms with Gasteiger partial charge in [-0.15, -0.1) is 0 Å². The number of carbonyl (C=O) groups is 3. The van der Waals surface area contributed by atoms with Gasteiger partial charge in [0.05, 0.1) is 6.04 Å². The fourth-order valence-electron chi connectivity index (χ4n) is 4.55. The lowest BCUT2D eigenvalue weighted by molar-refractivity contribution is -0.121. The monoisotopic (exact) mass is 493 g/mol. The van der Waals surface area contributed by atoms with Crippen molar-refractivity contribution in [3.8, 4) is 11.1 Å². The van der Waals surface area contributed by atoms with Crippen molar-refractivity contribution in [2.75, 3.05) is 19.4 Å². The summed E-state index contributed by atoms with van der Waals surface area (Å²) in [5, 5.41) is 10.4. The molecule has 0 spiro atoms. The van der Waals surface area contributed by atoms with Gasteiger partial charge in [0, 0.05) is 49.8 Å². The molecule has 8 heteroatoms. The zero-order chi connectivity index (χ0) is 25.9. The first kappa shape index (κ1) is 24.1. The zero-order valence-electron chi connectivity index (χ0n) is 20.6. The van der Waals surface area contributed by atoms with Gasteiger partial charge in [-0.3, -0.25) is 24.4 Å². The predicted molar refractivity (Wildman–Crippen MR) is 141 cm³/mol. The highest BCUT2D eigenvalue weighted by atomic mass is 16.2. The Labute approximate surface area is 214 Å². The number of benzene rings is 3. The average molecular weight is 494 g/mol. The molecule has 1 aromatic heterocycles. The lowest BCUT2D eigenvalue weighted by Crippen LogP contribution is -2.25. The van der Waals surface area contributed by atoms with Crippen LogP contribution in [-0.4, -0.2) is 46.4 Å². The van der Waals surface area contributed by atoms with Gasteiger partial charge >= 0.3 is 0 Å². The van der Waals surface area contributed by atoms with Crippen LogP contribution in [0.5, 0.6) is 0 Å². The predicted octanol–water partition coefficient (Wildman–Crippen LogP) is 3.92. The number of hydrogen-bond donors (Lipinski definition) is 2. The molecular weight excluding hydrogens is 466 g/mol. The van der Waals surface area contributed by atoms with Crippen molar-refractivity contribution >= 4 is 23.3 Å². The summed E-state index contributed by atoms with van der Waals surface area (Å²) in [5.74, 6) is -0.276. The van der Waals surface area contributed by atoms with Gasteiger partial charge in [0.25, 0.3) is 11.8 Å². The van der Waals surface area contributed by atoms with E-state index in [-0.39, 0.29) is 24.1 Å². The number of ketones is 1. The minimum absolute atomic E-state index is 0.0338. The molecule has 4 aromatic rings. The summed E-state index contributed by atoms with van der Waals surface area (Å²) in [4.78, 5) is 39.8. The van der Waals surface area contributed by atoms with E-state index in [0.717, 1.165) is 22.3 Å². The first-order valence-corrected chi connectivity index (χ1v) is 12.0. The van der Waals surface area contributed by atoms with E-state index in [9.17, 15) is 14.4 Å². The lowest BCUT2D eigenvalue weighted by Gasteiger charge is -2.14. The molecule has 0 aliphatic carbocycles. The van der Waals surface area contributed by atoms with Crippen LogP contribution in [0.3, 0.4) is 0 Å². The van der Waals surface area contributed by atoms with Crippen LogP contribution in [0.2, 0.25) is 0 Å². The molecule has 2 heterocycles. The Bertz CT molecular complexity index is 1460. The minimum atomic E-state index is -0.396. The number of fused-ring (bicyclic) bond motifs is 1. The molecule has 3 aromatic carbocycles. The Kier molecular flexibility index (Phi) is 6.66. The summed E-state index contributed by atoms with van der Waals surface area (Å²) in [7, 11) is 3.43. The fraction of sp³-hybridized carbons (Fsp3) is 0.172. The quantitative estimate of drug-likeness (QED) is 0.407. The molecule has 0 bridgehead atoms. The summed E-state index contributed by atoms with van der Waals surface area (Å²) in [6, 6.07) is 21.6. The Morgan fingerprint density at radius 3 is 2.54 bits per heavy atom. The molecular formula is C29H27N5O3. The molecule has 2 N–H and O–H groups in total. The van der Waals surface area contributed by atoms with Crippen LogP contribution in [0.15, 0.2) is 85.2 Å². The van der Waals surface area contributed by atoms with Gasteiger partial charge in [-0.25, -0.2) is 0 Å². The molecule has 1 atom stereocenters. The fourth-order valence-corrected chi connectivity index (χ4v) is 4.55. The highest BCUT2D eigenvalue weighted by Crippen LogP contribution is 2.30. The van der Waals surface area contributed by atoms with Crippen molar-refractivity contribution < 1.29 is 14.4 Å². The van der Waals surface area contributed by atoms with Gasteiger partial charge in [0.15, 0.2) is 5.78 Å². The van der Waals surface area contributed by atoms with Crippen LogP contribution in [-0.2, 0) is 17.9 Å². The van der Waals surface area contributed by atoms with Crippen LogP contribution in [0.1, 0.15) is 37.9 Å². The number of amides is 2. The summed E-state index contributed by atoms with van der Waals surface area (Å²) < 4.78 is 1.61. The van der Waals surface area contributed by atoms with Crippen molar-refractivity contribution in [1.82, 2.24) is 20.0 Å². The first-order valence-electron chi connectivity index (χ1n) is 12.0. The first-order chi connectivity index (χ1) is 17.9. The number of hydrogen-bond acceptors (Lipinski definition) is 5. The van der Waals surface area contributed by atoms with E-state index in [4.69, 9.17) is 0 Å². The molecule has 0 saturated heterocycles. The number of nitrogens with one attached hydrogen (secondary N) is 2. The number of rotatable bonds is 7. The number of anilines is 1. The van der Waals surface area contributed by atoms with Gasteiger partial charge in [-0.1, -0.05) is 36.4 Å². The summed E-state index contributed by atoms with van der Waals surface area (Å²) in [6.45, 7) is 0.743. The lowest BCUT2D eigenvalue weighted by atomic mass is 9.97. The maximum absolute atomic E-state index is 13.3. The summed E-state index contributed by atoms with van der Waals surface area (Å²) in [6.07, 6.45) is 3.42. The Hall–Kier alpha value is -4.56. The second-order valence-electron chi connectivity index (χ2n) is 9.17. The number of nitrogens with zero attached hydrogens (tertiary/aromatic N) is 3. The zero-order valence-corrected chi connectivity index (χ0v) is 20.6. The Morgan fingerprint density at radius 2 is 1.81 bits per heavy atom. The highest BCUT2D eigenvalue weighted by molar-refractivity contribution is 6.09. The second kappa shape index (κ2) is 10.2. The minimum Gasteiger partial charge on any atom is -0.345 e. The van der Waals surface area contributed by atoms with Gasteiger partial charge in [0.2, 0.25) is 0 Å². The van der Waals surface area contributed by atoms with Crippen molar-refractivity contribution in [2.24, 2.45) is 0 Å². The van der Waals surface area contributed by atoms with E-state index >= 15 is 0 Å². The Morgan fingerprint density at radius 1 is 1.03 bits per heavy atom. The number of carbonyl (C=O) groups excluding carboxylic acids is 3. The molecule has 0 saturated carbocycles. The maximum Gasteiger partial charge on any atom is 0.256 e. The molecule has 37 heavy (non-hydrogen) atoms. The number of Topliss-reactive ketones (excluding diaryl/α,β-unsaturated/α-hetero) is 1. The second-order valence-corrected chi connectivity index (χ2v) is 9.17. The van der Waals surface area contributed by atoms with E-state index in [1.54, 1.807) is 55.4 Å². The molecule has 1 unspecified atom stereocenters. The third kappa shape index (κ3) is 5.05. The van der Waals surface area contributed by atoms with Crippen LogP contribution in [0, 0.1) is 0 Å². The van der Waals surface area contributed by atoms with Crippen molar-refractivity contribution in [2.45, 2.75) is 19.1 Å². The van der Waals surface area contributed by atoms with Gasteiger partial charge in [-0.2, -0.15) is 5.10 Å². The highest BCUT2D eigenvalue weighted by Gasteiger charge is 2.28. The van der Waals surface area contributed by atoms with Crippen LogP contribution >= 0.6 is 0 Å². The van der Waals surface area contributed by atoms with Gasteiger partial charge < -0.3 is 10.2 Å². The molecule has 0 radical (unpaired) electrons. The van der Waals surface area contributed by atoms with E-state index in [2.05, 4.69) is 15.7 Å². The summed E-state index contributed by atoms with van der Waals surface area (Å²) in [5.41, 5.74) is 5.29. The topological polar surface area (TPSA) is 96.3 Å².